The first-order valence-corrected chi connectivity index (χ1v) is 9.86. The summed E-state index contributed by atoms with van der Waals surface area (Å²) in [5.41, 5.74) is 2.06. The molecule has 2 rings (SSSR count). The summed E-state index contributed by atoms with van der Waals surface area (Å²) >= 11 is 0. The van der Waals surface area contributed by atoms with Crippen LogP contribution in [0.2, 0.25) is 0 Å². The van der Waals surface area contributed by atoms with Crippen LogP contribution in [-0.2, 0) is 33.0 Å². The number of sulfone groups is 1. The molecule has 0 radical (unpaired) electrons. The highest BCUT2D eigenvalue weighted by molar-refractivity contribution is 7.97. The van der Waals surface area contributed by atoms with Crippen LogP contribution in [0.15, 0.2) is 16.7 Å². The normalized spacial score (nSPS) is 18.4. The molecule has 0 fully saturated rings. The van der Waals surface area contributed by atoms with E-state index in [1.165, 1.54) is 0 Å². The van der Waals surface area contributed by atoms with E-state index >= 15 is 0 Å². The van der Waals surface area contributed by atoms with Gasteiger partial charge in [-0.05, 0) is 26.3 Å². The van der Waals surface area contributed by atoms with Crippen LogP contribution in [0.4, 0.5) is 0 Å². The van der Waals surface area contributed by atoms with Gasteiger partial charge in [0.15, 0.2) is 9.84 Å². The standard InChI is InChI=1S/C12H19N3O4S2/c1-4-15-10(3)11(5-13-15)6-14-21(18,19)12-8-20(16,17)7-9(12)2/h5,14H,4,6-8H2,1-3H3. The quantitative estimate of drug-likeness (QED) is 0.837. The number of aromatic nitrogens is 2. The van der Waals surface area contributed by atoms with E-state index in [-0.39, 0.29) is 17.2 Å². The summed E-state index contributed by atoms with van der Waals surface area (Å²) in [5, 5.41) is 4.14. The highest BCUT2D eigenvalue weighted by Gasteiger charge is 2.33. The third-order valence-electron chi connectivity index (χ3n) is 3.54. The van der Waals surface area contributed by atoms with Crippen LogP contribution in [0.3, 0.4) is 0 Å². The Labute approximate surface area is 125 Å². The Morgan fingerprint density at radius 2 is 2.00 bits per heavy atom. The molecule has 21 heavy (non-hydrogen) atoms. The molecule has 1 N–H and O–H groups in total. The molecule has 1 aromatic heterocycles. The van der Waals surface area contributed by atoms with Crippen molar-refractivity contribution >= 4 is 19.9 Å². The van der Waals surface area contributed by atoms with Gasteiger partial charge in [-0.1, -0.05) is 0 Å². The van der Waals surface area contributed by atoms with E-state index in [4.69, 9.17) is 0 Å². The Balaban J connectivity index is 2.16. The summed E-state index contributed by atoms with van der Waals surface area (Å²) < 4.78 is 51.7. The van der Waals surface area contributed by atoms with Crippen molar-refractivity contribution in [3.05, 3.63) is 27.9 Å². The van der Waals surface area contributed by atoms with E-state index in [2.05, 4.69) is 9.82 Å². The first-order valence-electron chi connectivity index (χ1n) is 6.56. The smallest absolute Gasteiger partial charge is 0.238 e. The molecule has 0 atom stereocenters. The van der Waals surface area contributed by atoms with Crippen LogP contribution < -0.4 is 4.72 Å². The molecule has 7 nitrogen and oxygen atoms in total. The molecule has 0 aromatic carbocycles. The molecule has 1 aliphatic heterocycles. The van der Waals surface area contributed by atoms with Crippen molar-refractivity contribution in [1.29, 1.82) is 0 Å². The Morgan fingerprint density at radius 1 is 1.33 bits per heavy atom. The highest BCUT2D eigenvalue weighted by atomic mass is 32.2. The molecule has 0 amide bonds. The number of hydrogen-bond acceptors (Lipinski definition) is 5. The van der Waals surface area contributed by atoms with Gasteiger partial charge in [-0.25, -0.2) is 21.6 Å². The lowest BCUT2D eigenvalue weighted by Gasteiger charge is -2.08. The minimum absolute atomic E-state index is 0.0250. The first-order chi connectivity index (χ1) is 9.66. The molecule has 1 aliphatic rings. The van der Waals surface area contributed by atoms with E-state index < -0.39 is 25.6 Å². The summed E-state index contributed by atoms with van der Waals surface area (Å²) in [6.07, 6.45) is 1.62. The average Bonchev–Trinajstić information content (AvgIpc) is 2.87. The van der Waals surface area contributed by atoms with Gasteiger partial charge in [0.25, 0.3) is 0 Å². The Morgan fingerprint density at radius 3 is 2.48 bits per heavy atom. The zero-order valence-electron chi connectivity index (χ0n) is 12.2. The second kappa shape index (κ2) is 5.54. The molecule has 0 aliphatic carbocycles. The molecule has 118 valence electrons. The van der Waals surface area contributed by atoms with Crippen molar-refractivity contribution in [1.82, 2.24) is 14.5 Å². The maximum atomic E-state index is 12.2. The third-order valence-corrected chi connectivity index (χ3v) is 6.99. The summed E-state index contributed by atoms with van der Waals surface area (Å²) in [7, 11) is -7.11. The molecular formula is C12H19N3O4S2. The van der Waals surface area contributed by atoms with E-state index in [1.54, 1.807) is 17.8 Å². The van der Waals surface area contributed by atoms with E-state index in [0.717, 1.165) is 11.3 Å². The fourth-order valence-electron chi connectivity index (χ4n) is 2.33. The molecule has 1 aromatic rings. The molecule has 0 saturated heterocycles. The lowest BCUT2D eigenvalue weighted by atomic mass is 10.3. The number of nitrogens with zero attached hydrogens (tertiary/aromatic N) is 2. The fourth-order valence-corrected chi connectivity index (χ4v) is 6.21. The van der Waals surface area contributed by atoms with Gasteiger partial charge in [0.1, 0.15) is 0 Å². The zero-order chi connectivity index (χ0) is 15.8. The molecule has 0 spiro atoms. The predicted molar refractivity (Wildman–Crippen MR) is 79.8 cm³/mol. The molecule has 0 bridgehead atoms. The molecule has 0 saturated carbocycles. The second-order valence-electron chi connectivity index (χ2n) is 5.13. The Kier molecular flexibility index (Phi) is 4.27. The third kappa shape index (κ3) is 3.35. The van der Waals surface area contributed by atoms with Gasteiger partial charge in [0.05, 0.1) is 22.6 Å². The summed E-state index contributed by atoms with van der Waals surface area (Å²) in [6, 6.07) is 0. The maximum absolute atomic E-state index is 12.2. The lowest BCUT2D eigenvalue weighted by molar-refractivity contribution is 0.585. The number of rotatable bonds is 5. The van der Waals surface area contributed by atoms with Crippen molar-refractivity contribution in [3.8, 4) is 0 Å². The minimum atomic E-state index is -3.78. The van der Waals surface area contributed by atoms with Crippen molar-refractivity contribution in [2.75, 3.05) is 11.5 Å². The molecule has 0 unspecified atom stereocenters. The highest BCUT2D eigenvalue weighted by Crippen LogP contribution is 2.23. The van der Waals surface area contributed by atoms with Gasteiger partial charge in [0, 0.05) is 24.3 Å². The van der Waals surface area contributed by atoms with E-state index in [0.29, 0.717) is 12.1 Å². The van der Waals surface area contributed by atoms with Gasteiger partial charge >= 0.3 is 0 Å². The van der Waals surface area contributed by atoms with Crippen molar-refractivity contribution in [3.63, 3.8) is 0 Å². The van der Waals surface area contributed by atoms with Gasteiger partial charge in [-0.3, -0.25) is 4.68 Å². The van der Waals surface area contributed by atoms with Crippen LogP contribution in [0.25, 0.3) is 0 Å². The number of hydrogen-bond donors (Lipinski definition) is 1. The van der Waals surface area contributed by atoms with Crippen molar-refractivity contribution in [2.24, 2.45) is 0 Å². The monoisotopic (exact) mass is 333 g/mol. The average molecular weight is 333 g/mol. The van der Waals surface area contributed by atoms with Crippen LogP contribution in [-0.4, -0.2) is 38.1 Å². The summed E-state index contributed by atoms with van der Waals surface area (Å²) in [6.45, 7) is 6.17. The molecular weight excluding hydrogens is 314 g/mol. The molecule has 2 heterocycles. The number of aryl methyl sites for hydroxylation is 1. The van der Waals surface area contributed by atoms with Gasteiger partial charge < -0.3 is 0 Å². The summed E-state index contributed by atoms with van der Waals surface area (Å²) in [5.74, 6) is -0.600. The van der Waals surface area contributed by atoms with E-state index in [9.17, 15) is 16.8 Å². The zero-order valence-corrected chi connectivity index (χ0v) is 13.9. The SMILES string of the molecule is CCn1ncc(CNS(=O)(=O)C2=C(C)CS(=O)(=O)C2)c1C. The van der Waals surface area contributed by atoms with Crippen molar-refractivity contribution < 1.29 is 16.8 Å². The first kappa shape index (κ1) is 16.2. The largest absolute Gasteiger partial charge is 0.270 e. The van der Waals surface area contributed by atoms with Gasteiger partial charge in [0.2, 0.25) is 10.0 Å². The number of nitrogens with one attached hydrogen (secondary N) is 1. The van der Waals surface area contributed by atoms with Gasteiger partial charge in [-0.2, -0.15) is 5.10 Å². The van der Waals surface area contributed by atoms with Crippen LogP contribution in [0.1, 0.15) is 25.1 Å². The van der Waals surface area contributed by atoms with Crippen LogP contribution in [0, 0.1) is 6.92 Å². The number of sulfonamides is 1. The summed E-state index contributed by atoms with van der Waals surface area (Å²) in [4.78, 5) is -0.0250. The minimum Gasteiger partial charge on any atom is -0.270 e. The molecule has 9 heteroatoms. The lowest BCUT2D eigenvalue weighted by Crippen LogP contribution is -2.26. The maximum Gasteiger partial charge on any atom is 0.238 e. The predicted octanol–water partition coefficient (Wildman–Crippen LogP) is 0.333. The van der Waals surface area contributed by atoms with E-state index in [1.807, 2.05) is 13.8 Å². The second-order valence-corrected chi connectivity index (χ2v) is 8.98. The van der Waals surface area contributed by atoms with Gasteiger partial charge in [-0.15, -0.1) is 0 Å². The van der Waals surface area contributed by atoms with Crippen molar-refractivity contribution in [2.45, 2.75) is 33.9 Å². The topological polar surface area (TPSA) is 98.1 Å². The van der Waals surface area contributed by atoms with Crippen LogP contribution >= 0.6 is 0 Å². The Hall–Kier alpha value is -1.19. The van der Waals surface area contributed by atoms with Crippen LogP contribution in [0.5, 0.6) is 0 Å². The Bertz CT molecular complexity index is 788. The fraction of sp³-hybridized carbons (Fsp3) is 0.583.